The van der Waals surface area contributed by atoms with E-state index in [1.165, 1.54) is 4.31 Å². The zero-order valence-electron chi connectivity index (χ0n) is 19.7. The number of aromatic nitrogens is 1. The molecule has 0 N–H and O–H groups in total. The number of carbonyl (C=O) groups is 1. The third kappa shape index (κ3) is 4.70. The number of piperazine rings is 1. The van der Waals surface area contributed by atoms with Crippen LogP contribution in [0.4, 0.5) is 5.69 Å². The van der Waals surface area contributed by atoms with E-state index in [4.69, 9.17) is 11.6 Å². The molecular weight excluding hydrogens is 484 g/mol. The Balaban J connectivity index is 1.33. The summed E-state index contributed by atoms with van der Waals surface area (Å²) in [5.74, 6) is -0.0274. The highest BCUT2D eigenvalue weighted by Crippen LogP contribution is 2.34. The summed E-state index contributed by atoms with van der Waals surface area (Å²) in [5, 5.41) is 0.698. The number of sulfonamides is 1. The van der Waals surface area contributed by atoms with E-state index in [1.54, 1.807) is 30.3 Å². The quantitative estimate of drug-likeness (QED) is 0.519. The lowest BCUT2D eigenvalue weighted by atomic mass is 10.1. The van der Waals surface area contributed by atoms with Crippen molar-refractivity contribution in [2.24, 2.45) is 0 Å². The van der Waals surface area contributed by atoms with Crippen molar-refractivity contribution in [1.82, 2.24) is 13.8 Å². The van der Waals surface area contributed by atoms with Crippen LogP contribution in [0.1, 0.15) is 23.7 Å². The molecule has 0 bridgehead atoms. The molecule has 2 aliphatic rings. The van der Waals surface area contributed by atoms with Gasteiger partial charge in [0.05, 0.1) is 10.9 Å². The lowest BCUT2D eigenvalue weighted by Gasteiger charge is -2.39. The molecule has 184 valence electrons. The number of anilines is 1. The zero-order chi connectivity index (χ0) is 24.6. The van der Waals surface area contributed by atoms with E-state index in [0.29, 0.717) is 44.3 Å². The van der Waals surface area contributed by atoms with Gasteiger partial charge in [-0.15, -0.1) is 0 Å². The maximum atomic E-state index is 13.5. The number of rotatable bonds is 5. The molecule has 7 nitrogen and oxygen atoms in total. The summed E-state index contributed by atoms with van der Waals surface area (Å²) in [4.78, 5) is 17.8. The number of hydrogen-bond donors (Lipinski definition) is 0. The minimum Gasteiger partial charge on any atom is -0.368 e. The van der Waals surface area contributed by atoms with Crippen molar-refractivity contribution >= 4 is 33.2 Å². The van der Waals surface area contributed by atoms with Gasteiger partial charge in [-0.1, -0.05) is 35.9 Å². The number of halogens is 1. The fourth-order valence-electron chi connectivity index (χ4n) is 5.08. The molecule has 0 radical (unpaired) electrons. The number of amides is 1. The van der Waals surface area contributed by atoms with Crippen LogP contribution in [0.3, 0.4) is 0 Å². The minimum atomic E-state index is -3.73. The van der Waals surface area contributed by atoms with Crippen molar-refractivity contribution in [3.63, 3.8) is 0 Å². The molecule has 1 amide bonds. The number of benzene rings is 2. The van der Waals surface area contributed by atoms with E-state index in [9.17, 15) is 13.2 Å². The molecule has 3 heterocycles. The van der Waals surface area contributed by atoms with E-state index in [2.05, 4.69) is 16.4 Å². The molecule has 2 aromatic carbocycles. The lowest BCUT2D eigenvalue weighted by Crippen LogP contribution is -2.50. The average molecular weight is 513 g/mol. The molecule has 5 rings (SSSR count). The average Bonchev–Trinajstić information content (AvgIpc) is 3.36. The van der Waals surface area contributed by atoms with Gasteiger partial charge in [0, 0.05) is 68.3 Å². The smallest absolute Gasteiger partial charge is 0.243 e. The number of hydrogen-bond acceptors (Lipinski definition) is 4. The van der Waals surface area contributed by atoms with Crippen molar-refractivity contribution < 1.29 is 13.2 Å². The Morgan fingerprint density at radius 3 is 2.43 bits per heavy atom. The van der Waals surface area contributed by atoms with Gasteiger partial charge in [0.15, 0.2) is 0 Å². The number of carbonyl (C=O) groups excluding carboxylic acids is 1. The van der Waals surface area contributed by atoms with Crippen LogP contribution in [0.25, 0.3) is 0 Å². The van der Waals surface area contributed by atoms with Crippen LogP contribution < -0.4 is 4.90 Å². The first-order valence-corrected chi connectivity index (χ1v) is 13.7. The summed E-state index contributed by atoms with van der Waals surface area (Å²) in [5.41, 5.74) is 3.10. The van der Waals surface area contributed by atoms with E-state index >= 15 is 0 Å². The Morgan fingerprint density at radius 1 is 0.943 bits per heavy atom. The summed E-state index contributed by atoms with van der Waals surface area (Å²) in [6, 6.07) is 17.6. The lowest BCUT2D eigenvalue weighted by molar-refractivity contribution is -0.132. The highest BCUT2D eigenvalue weighted by molar-refractivity contribution is 7.89. The first-order chi connectivity index (χ1) is 16.8. The molecule has 1 atom stereocenters. The normalized spacial score (nSPS) is 19.0. The van der Waals surface area contributed by atoms with Crippen molar-refractivity contribution in [1.29, 1.82) is 0 Å². The Bertz CT molecular complexity index is 1320. The standard InChI is InChI=1S/C26H29ClN4O3S/c1-20-9-10-21(27)18-24(20)29-12-14-30(15-13-29)26(32)19-25-23-8-5-11-28(23)16-17-31(25)35(33,34)22-6-3-2-4-7-22/h2-11,18,25H,12-17,19H2,1H3. The first-order valence-electron chi connectivity index (χ1n) is 11.9. The Labute approximate surface area is 211 Å². The topological polar surface area (TPSA) is 65.9 Å². The summed E-state index contributed by atoms with van der Waals surface area (Å²) >= 11 is 6.20. The van der Waals surface area contributed by atoms with Crippen molar-refractivity contribution in [2.45, 2.75) is 30.8 Å². The molecule has 1 fully saturated rings. The number of nitrogens with zero attached hydrogens (tertiary/aromatic N) is 4. The van der Waals surface area contributed by atoms with Crippen molar-refractivity contribution in [3.05, 3.63) is 83.1 Å². The fourth-order valence-corrected chi connectivity index (χ4v) is 6.86. The van der Waals surface area contributed by atoms with Gasteiger partial charge in [-0.25, -0.2) is 8.42 Å². The van der Waals surface area contributed by atoms with Gasteiger partial charge >= 0.3 is 0 Å². The van der Waals surface area contributed by atoms with Gasteiger partial charge in [0.1, 0.15) is 0 Å². The Morgan fingerprint density at radius 2 is 1.69 bits per heavy atom. The monoisotopic (exact) mass is 512 g/mol. The minimum absolute atomic E-state index is 0.0274. The van der Waals surface area contributed by atoms with E-state index < -0.39 is 16.1 Å². The van der Waals surface area contributed by atoms with E-state index in [1.807, 2.05) is 41.4 Å². The molecule has 0 saturated carbocycles. The second kappa shape index (κ2) is 9.68. The second-order valence-electron chi connectivity index (χ2n) is 9.07. The zero-order valence-corrected chi connectivity index (χ0v) is 21.3. The van der Waals surface area contributed by atoms with Gasteiger partial charge in [-0.2, -0.15) is 4.31 Å². The highest BCUT2D eigenvalue weighted by atomic mass is 35.5. The Kier molecular flexibility index (Phi) is 6.61. The van der Waals surface area contributed by atoms with Crippen LogP contribution >= 0.6 is 11.6 Å². The predicted octanol–water partition coefficient (Wildman–Crippen LogP) is 3.93. The van der Waals surface area contributed by atoms with Gasteiger partial charge in [0.25, 0.3) is 0 Å². The molecule has 35 heavy (non-hydrogen) atoms. The maximum absolute atomic E-state index is 13.5. The molecule has 1 saturated heterocycles. The third-order valence-corrected chi connectivity index (χ3v) is 9.13. The van der Waals surface area contributed by atoms with Crippen LogP contribution in [0.5, 0.6) is 0 Å². The fraction of sp³-hybridized carbons (Fsp3) is 0.346. The highest BCUT2D eigenvalue weighted by Gasteiger charge is 2.38. The van der Waals surface area contributed by atoms with Gasteiger partial charge in [0.2, 0.25) is 15.9 Å². The molecule has 3 aromatic rings. The van der Waals surface area contributed by atoms with Crippen LogP contribution in [-0.2, 0) is 21.4 Å². The van der Waals surface area contributed by atoms with Crippen molar-refractivity contribution in [3.8, 4) is 0 Å². The van der Waals surface area contributed by atoms with Crippen LogP contribution in [0, 0.1) is 6.92 Å². The molecule has 0 aliphatic carbocycles. The predicted molar refractivity (Wildman–Crippen MR) is 137 cm³/mol. The SMILES string of the molecule is Cc1ccc(Cl)cc1N1CCN(C(=O)CC2c3cccn3CCN2S(=O)(=O)c2ccccc2)CC1. The number of fused-ring (bicyclic) bond motifs is 1. The van der Waals surface area contributed by atoms with Crippen LogP contribution in [-0.4, -0.2) is 60.8 Å². The second-order valence-corrected chi connectivity index (χ2v) is 11.4. The summed E-state index contributed by atoms with van der Waals surface area (Å²) < 4.78 is 30.6. The van der Waals surface area contributed by atoms with Gasteiger partial charge < -0.3 is 14.4 Å². The van der Waals surface area contributed by atoms with Crippen LogP contribution in [0.15, 0.2) is 71.8 Å². The van der Waals surface area contributed by atoms with Gasteiger partial charge in [-0.05, 0) is 48.9 Å². The maximum Gasteiger partial charge on any atom is 0.243 e. The summed E-state index contributed by atoms with van der Waals surface area (Å²) in [6.45, 7) is 5.55. The first kappa shape index (κ1) is 23.9. The molecule has 1 aromatic heterocycles. The summed E-state index contributed by atoms with van der Waals surface area (Å²) in [6.07, 6.45) is 2.07. The molecule has 1 unspecified atom stereocenters. The van der Waals surface area contributed by atoms with Crippen molar-refractivity contribution in [2.75, 3.05) is 37.6 Å². The van der Waals surface area contributed by atoms with E-state index in [-0.39, 0.29) is 17.2 Å². The molecule has 0 spiro atoms. The molecule has 2 aliphatic heterocycles. The van der Waals surface area contributed by atoms with Gasteiger partial charge in [-0.3, -0.25) is 4.79 Å². The molecular formula is C26H29ClN4O3S. The molecule has 9 heteroatoms. The summed E-state index contributed by atoms with van der Waals surface area (Å²) in [7, 11) is -3.73. The largest absolute Gasteiger partial charge is 0.368 e. The van der Waals surface area contributed by atoms with E-state index in [0.717, 1.165) is 16.9 Å². The third-order valence-electron chi connectivity index (χ3n) is 6.98. The Hall–Kier alpha value is -2.81. The number of aryl methyl sites for hydroxylation is 1. The van der Waals surface area contributed by atoms with Crippen LogP contribution in [0.2, 0.25) is 5.02 Å².